The minimum atomic E-state index is 0.0626. The van der Waals surface area contributed by atoms with E-state index in [1.54, 1.807) is 6.20 Å². The number of anilines is 1. The number of aryl methyl sites for hydroxylation is 1. The second-order valence-corrected chi connectivity index (χ2v) is 7.44. The van der Waals surface area contributed by atoms with Gasteiger partial charge in [0.2, 0.25) is 5.95 Å². The minimum absolute atomic E-state index is 0.0626. The van der Waals surface area contributed by atoms with Gasteiger partial charge in [0.25, 0.3) is 5.91 Å². The van der Waals surface area contributed by atoms with E-state index < -0.39 is 0 Å². The fourth-order valence-electron chi connectivity index (χ4n) is 4.00. The van der Waals surface area contributed by atoms with Gasteiger partial charge in [0, 0.05) is 56.6 Å². The Bertz CT molecular complexity index is 1000. The van der Waals surface area contributed by atoms with Crippen LogP contribution in [-0.2, 0) is 11.8 Å². The third kappa shape index (κ3) is 2.92. The predicted octanol–water partition coefficient (Wildman–Crippen LogP) is 2.04. The quantitative estimate of drug-likeness (QED) is 0.699. The Hall–Kier alpha value is -2.93. The third-order valence-electron chi connectivity index (χ3n) is 5.67. The van der Waals surface area contributed by atoms with Crippen LogP contribution in [0.15, 0.2) is 42.6 Å². The summed E-state index contributed by atoms with van der Waals surface area (Å²) >= 11 is 0. The predicted molar refractivity (Wildman–Crippen MR) is 107 cm³/mol. The average molecular weight is 377 g/mol. The van der Waals surface area contributed by atoms with E-state index >= 15 is 0 Å². The number of rotatable bonds is 3. The van der Waals surface area contributed by atoms with Gasteiger partial charge in [0.1, 0.15) is 0 Å². The molecule has 0 atom stereocenters. The molecule has 0 N–H and O–H groups in total. The number of benzene rings is 1. The summed E-state index contributed by atoms with van der Waals surface area (Å²) in [5, 5.41) is 0. The number of likely N-dealkylation sites (tertiary alicyclic amines) is 1. The average Bonchev–Trinajstić information content (AvgIpc) is 3.04. The molecule has 0 radical (unpaired) electrons. The van der Waals surface area contributed by atoms with Crippen LogP contribution in [0.1, 0.15) is 22.0 Å². The van der Waals surface area contributed by atoms with E-state index in [4.69, 9.17) is 9.72 Å². The maximum atomic E-state index is 12.9. The normalized spacial score (nSPS) is 17.8. The van der Waals surface area contributed by atoms with Crippen molar-refractivity contribution in [2.45, 2.75) is 5.92 Å². The molecule has 1 amide bonds. The van der Waals surface area contributed by atoms with Crippen LogP contribution in [-0.4, -0.2) is 64.7 Å². The van der Waals surface area contributed by atoms with Crippen LogP contribution in [0.3, 0.4) is 0 Å². The molecule has 2 fully saturated rings. The van der Waals surface area contributed by atoms with Gasteiger partial charge < -0.3 is 19.1 Å². The molecule has 0 saturated carbocycles. The fraction of sp³-hybridized carbons (Fsp3) is 0.381. The Morgan fingerprint density at radius 1 is 1.14 bits per heavy atom. The monoisotopic (exact) mass is 377 g/mol. The van der Waals surface area contributed by atoms with Crippen molar-refractivity contribution in [2.75, 3.05) is 44.3 Å². The zero-order valence-corrected chi connectivity index (χ0v) is 15.9. The second kappa shape index (κ2) is 6.91. The number of imidazole rings is 1. The van der Waals surface area contributed by atoms with Gasteiger partial charge in [-0.2, -0.15) is 0 Å². The summed E-state index contributed by atoms with van der Waals surface area (Å²) in [4.78, 5) is 26.2. The lowest BCUT2D eigenvalue weighted by atomic mass is 9.95. The highest BCUT2D eigenvalue weighted by Gasteiger charge is 2.33. The van der Waals surface area contributed by atoms with Gasteiger partial charge >= 0.3 is 0 Å². The third-order valence-corrected chi connectivity index (χ3v) is 5.67. The highest BCUT2D eigenvalue weighted by atomic mass is 16.5. The molecule has 0 unspecified atom stereocenters. The number of fused-ring (bicyclic) bond motifs is 1. The highest BCUT2D eigenvalue weighted by molar-refractivity contribution is 5.98. The van der Waals surface area contributed by atoms with Gasteiger partial charge in [-0.15, -0.1) is 0 Å². The largest absolute Gasteiger partial charge is 0.378 e. The number of hydrogen-bond acceptors (Lipinski definition) is 5. The summed E-state index contributed by atoms with van der Waals surface area (Å²) in [5.74, 6) is 1.33. The van der Waals surface area contributed by atoms with Crippen molar-refractivity contribution in [3.63, 3.8) is 0 Å². The van der Waals surface area contributed by atoms with Crippen molar-refractivity contribution in [1.29, 1.82) is 0 Å². The van der Waals surface area contributed by atoms with E-state index in [9.17, 15) is 4.79 Å². The number of pyridine rings is 1. The summed E-state index contributed by atoms with van der Waals surface area (Å²) in [6.07, 6.45) is 1.81. The molecule has 7 nitrogen and oxygen atoms in total. The lowest BCUT2D eigenvalue weighted by Crippen LogP contribution is -2.48. The molecule has 2 aromatic heterocycles. The molecule has 4 heterocycles. The fourth-order valence-corrected chi connectivity index (χ4v) is 4.00. The number of hydrogen-bond donors (Lipinski definition) is 0. The standard InChI is InChI=1S/C21H23N5O2/c1-24-19-6-5-15(12-18(19)23-21(24)25-8-10-28-11-9-25)20(27)26-13-16(14-26)17-4-2-3-7-22-17/h2-7,12,16H,8-11,13-14H2,1H3. The number of morpholine rings is 1. The van der Waals surface area contributed by atoms with E-state index in [0.29, 0.717) is 11.5 Å². The number of aromatic nitrogens is 3. The van der Waals surface area contributed by atoms with E-state index in [0.717, 1.165) is 62.1 Å². The minimum Gasteiger partial charge on any atom is -0.378 e. The molecular formula is C21H23N5O2. The van der Waals surface area contributed by atoms with Crippen molar-refractivity contribution in [3.05, 3.63) is 53.9 Å². The molecule has 2 saturated heterocycles. The molecule has 0 bridgehead atoms. The Morgan fingerprint density at radius 2 is 1.96 bits per heavy atom. The summed E-state index contributed by atoms with van der Waals surface area (Å²) in [5.41, 5.74) is 3.64. The van der Waals surface area contributed by atoms with Gasteiger partial charge in [-0.1, -0.05) is 6.07 Å². The lowest BCUT2D eigenvalue weighted by Gasteiger charge is -2.39. The van der Waals surface area contributed by atoms with E-state index in [1.807, 2.05) is 48.3 Å². The van der Waals surface area contributed by atoms with Gasteiger partial charge in [0.05, 0.1) is 24.2 Å². The molecular weight excluding hydrogens is 354 g/mol. The van der Waals surface area contributed by atoms with Gasteiger partial charge in [-0.25, -0.2) is 4.98 Å². The SMILES string of the molecule is Cn1c(N2CCOCC2)nc2cc(C(=O)N3CC(c4ccccn4)C3)ccc21. The number of carbonyl (C=O) groups is 1. The topological polar surface area (TPSA) is 63.5 Å². The Balaban J connectivity index is 1.34. The second-order valence-electron chi connectivity index (χ2n) is 7.44. The van der Waals surface area contributed by atoms with Gasteiger partial charge in [-0.05, 0) is 30.3 Å². The molecule has 0 aliphatic carbocycles. The van der Waals surface area contributed by atoms with Crippen LogP contribution in [0, 0.1) is 0 Å². The van der Waals surface area contributed by atoms with Crippen molar-refractivity contribution in [3.8, 4) is 0 Å². The summed E-state index contributed by atoms with van der Waals surface area (Å²) in [6.45, 7) is 4.56. The van der Waals surface area contributed by atoms with Crippen molar-refractivity contribution >= 4 is 22.9 Å². The smallest absolute Gasteiger partial charge is 0.253 e. The van der Waals surface area contributed by atoms with Crippen LogP contribution < -0.4 is 4.90 Å². The summed E-state index contributed by atoms with van der Waals surface area (Å²) < 4.78 is 7.53. The van der Waals surface area contributed by atoms with Crippen LogP contribution in [0.5, 0.6) is 0 Å². The lowest BCUT2D eigenvalue weighted by molar-refractivity contribution is 0.0599. The van der Waals surface area contributed by atoms with Crippen LogP contribution >= 0.6 is 0 Å². The molecule has 28 heavy (non-hydrogen) atoms. The van der Waals surface area contributed by atoms with E-state index in [1.165, 1.54) is 0 Å². The molecule has 0 spiro atoms. The summed E-state index contributed by atoms with van der Waals surface area (Å²) in [6, 6.07) is 11.8. The zero-order valence-electron chi connectivity index (χ0n) is 15.9. The first-order chi connectivity index (χ1) is 13.7. The van der Waals surface area contributed by atoms with Crippen LogP contribution in [0.2, 0.25) is 0 Å². The molecule has 5 rings (SSSR count). The van der Waals surface area contributed by atoms with E-state index in [2.05, 4.69) is 14.5 Å². The first kappa shape index (κ1) is 17.2. The Kier molecular flexibility index (Phi) is 4.24. The molecule has 1 aromatic carbocycles. The maximum absolute atomic E-state index is 12.9. The highest BCUT2D eigenvalue weighted by Crippen LogP contribution is 2.28. The van der Waals surface area contributed by atoms with Crippen LogP contribution in [0.4, 0.5) is 5.95 Å². The number of ether oxygens (including phenoxy) is 1. The molecule has 2 aliphatic heterocycles. The van der Waals surface area contributed by atoms with Crippen molar-refractivity contribution in [2.24, 2.45) is 7.05 Å². The van der Waals surface area contributed by atoms with Crippen molar-refractivity contribution < 1.29 is 9.53 Å². The number of amides is 1. The molecule has 7 heteroatoms. The maximum Gasteiger partial charge on any atom is 0.253 e. The Morgan fingerprint density at radius 3 is 2.71 bits per heavy atom. The van der Waals surface area contributed by atoms with Crippen LogP contribution in [0.25, 0.3) is 11.0 Å². The van der Waals surface area contributed by atoms with E-state index in [-0.39, 0.29) is 5.91 Å². The summed E-state index contributed by atoms with van der Waals surface area (Å²) in [7, 11) is 2.02. The van der Waals surface area contributed by atoms with Gasteiger partial charge in [0.15, 0.2) is 0 Å². The van der Waals surface area contributed by atoms with Crippen molar-refractivity contribution in [1.82, 2.24) is 19.4 Å². The molecule has 2 aliphatic rings. The number of carbonyl (C=O) groups excluding carboxylic acids is 1. The molecule has 144 valence electrons. The molecule has 3 aromatic rings. The number of nitrogens with zero attached hydrogens (tertiary/aromatic N) is 5. The first-order valence-corrected chi connectivity index (χ1v) is 9.70. The zero-order chi connectivity index (χ0) is 19.1. The first-order valence-electron chi connectivity index (χ1n) is 9.70. The van der Waals surface area contributed by atoms with Gasteiger partial charge in [-0.3, -0.25) is 9.78 Å². The Labute approximate surface area is 163 Å².